The molecule has 0 rings (SSSR count). The van der Waals surface area contributed by atoms with Crippen molar-refractivity contribution < 1.29 is 13.3 Å². The Morgan fingerprint density at radius 3 is 1.80 bits per heavy atom. The lowest BCUT2D eigenvalue weighted by molar-refractivity contribution is 0.0327. The molecule has 92 valence electrons. The van der Waals surface area contributed by atoms with Crippen LogP contribution >= 0.6 is 11.6 Å². The Bertz CT molecular complexity index is 155. The predicted molar refractivity (Wildman–Crippen MR) is 65.3 cm³/mol. The van der Waals surface area contributed by atoms with Crippen molar-refractivity contribution >= 4 is 20.4 Å². The van der Waals surface area contributed by atoms with Crippen molar-refractivity contribution in [1.29, 1.82) is 0 Å². The zero-order valence-electron chi connectivity index (χ0n) is 10.4. The van der Waals surface area contributed by atoms with E-state index in [1.54, 1.807) is 7.11 Å². The lowest BCUT2D eigenvalue weighted by Crippen LogP contribution is -2.48. The number of rotatable bonds is 8. The Labute approximate surface area is 99.4 Å². The largest absolute Gasteiger partial charge is 0.501 e. The lowest BCUT2D eigenvalue weighted by Gasteiger charge is -2.31. The summed E-state index contributed by atoms with van der Waals surface area (Å²) in [5.74, 6) is 0.612. The average molecular weight is 255 g/mol. The van der Waals surface area contributed by atoms with E-state index in [0.29, 0.717) is 5.88 Å². The summed E-state index contributed by atoms with van der Waals surface area (Å²) in [4.78, 5) is 0. The lowest BCUT2D eigenvalue weighted by atomic mass is 10.5. The fraction of sp³-hybridized carbons (Fsp3) is 1.00. The molecule has 0 saturated carbocycles. The van der Waals surface area contributed by atoms with Crippen LogP contribution in [-0.2, 0) is 13.3 Å². The highest BCUT2D eigenvalue weighted by Gasteiger charge is 2.41. The third kappa shape index (κ3) is 6.53. The van der Waals surface area contributed by atoms with Crippen molar-refractivity contribution in [2.45, 2.75) is 52.4 Å². The number of hydrogen-bond acceptors (Lipinski definition) is 3. The summed E-state index contributed by atoms with van der Waals surface area (Å²) in [6.07, 6.45) is 1.09. The summed E-state index contributed by atoms with van der Waals surface area (Å²) in [5, 5.41) is 0. The molecule has 5 heteroatoms. The predicted octanol–water partition coefficient (Wildman–Crippen LogP) is 3.05. The van der Waals surface area contributed by atoms with Crippen LogP contribution in [-0.4, -0.2) is 34.0 Å². The fourth-order valence-electron chi connectivity index (χ4n) is 1.35. The molecule has 0 fully saturated rings. The van der Waals surface area contributed by atoms with E-state index in [1.807, 2.05) is 27.7 Å². The Morgan fingerprint density at radius 1 is 1.07 bits per heavy atom. The van der Waals surface area contributed by atoms with Crippen molar-refractivity contribution in [3.63, 3.8) is 0 Å². The van der Waals surface area contributed by atoms with Gasteiger partial charge in [-0.25, -0.2) is 0 Å². The molecule has 15 heavy (non-hydrogen) atoms. The van der Waals surface area contributed by atoms with Gasteiger partial charge in [-0.15, -0.1) is 11.6 Å². The summed E-state index contributed by atoms with van der Waals surface area (Å²) >= 11 is 5.69. The quantitative estimate of drug-likeness (QED) is 0.492. The Balaban J connectivity index is 4.44. The van der Waals surface area contributed by atoms with Gasteiger partial charge < -0.3 is 13.3 Å². The molecule has 3 nitrogen and oxygen atoms in total. The van der Waals surface area contributed by atoms with Crippen molar-refractivity contribution in [3.8, 4) is 0 Å². The highest BCUT2D eigenvalue weighted by Crippen LogP contribution is 2.21. The molecule has 0 N–H and O–H groups in total. The van der Waals surface area contributed by atoms with Gasteiger partial charge in [-0.3, -0.25) is 0 Å². The molecule has 0 saturated heterocycles. The van der Waals surface area contributed by atoms with Crippen molar-refractivity contribution in [2.75, 3.05) is 13.0 Å². The summed E-state index contributed by atoms with van der Waals surface area (Å²) in [5.41, 5.74) is 0. The van der Waals surface area contributed by atoms with Gasteiger partial charge in [-0.2, -0.15) is 0 Å². The maximum absolute atomic E-state index is 5.84. The molecule has 0 unspecified atom stereocenters. The summed E-state index contributed by atoms with van der Waals surface area (Å²) in [7, 11) is -0.843. The second-order valence-electron chi connectivity index (χ2n) is 4.01. The van der Waals surface area contributed by atoms with Crippen LogP contribution in [0.3, 0.4) is 0 Å². The highest BCUT2D eigenvalue weighted by molar-refractivity contribution is 6.60. The normalized spacial score (nSPS) is 12.8. The van der Waals surface area contributed by atoms with E-state index in [0.717, 1.165) is 12.5 Å². The summed E-state index contributed by atoms with van der Waals surface area (Å²) in [6, 6.07) is 0.781. The molecule has 0 spiro atoms. The second-order valence-corrected chi connectivity index (χ2v) is 7.14. The minimum absolute atomic E-state index is 0.116. The SMILES string of the molecule is CO[Si](CCCCl)(OC(C)C)OC(C)C. The Kier molecular flexibility index (Phi) is 7.82. The molecule has 0 heterocycles. The van der Waals surface area contributed by atoms with Gasteiger partial charge in [0, 0.05) is 31.2 Å². The van der Waals surface area contributed by atoms with Crippen LogP contribution in [0.1, 0.15) is 34.1 Å². The topological polar surface area (TPSA) is 27.7 Å². The van der Waals surface area contributed by atoms with E-state index in [2.05, 4.69) is 0 Å². The number of halogens is 1. The van der Waals surface area contributed by atoms with Gasteiger partial charge in [-0.1, -0.05) is 0 Å². The first-order valence-electron chi connectivity index (χ1n) is 5.42. The van der Waals surface area contributed by atoms with Crippen LogP contribution in [0.15, 0.2) is 0 Å². The van der Waals surface area contributed by atoms with Gasteiger partial charge in [0.25, 0.3) is 0 Å². The van der Waals surface area contributed by atoms with E-state index in [4.69, 9.17) is 24.9 Å². The first kappa shape index (κ1) is 15.4. The first-order chi connectivity index (χ1) is 6.95. The molecule has 0 radical (unpaired) electrons. The minimum Gasteiger partial charge on any atom is -0.377 e. The zero-order valence-corrected chi connectivity index (χ0v) is 12.1. The summed E-state index contributed by atoms with van der Waals surface area (Å²) < 4.78 is 17.2. The van der Waals surface area contributed by atoms with E-state index < -0.39 is 8.80 Å². The summed E-state index contributed by atoms with van der Waals surface area (Å²) in [6.45, 7) is 7.96. The fourth-order valence-corrected chi connectivity index (χ4v) is 4.44. The standard InChI is InChI=1S/C10H23ClO3Si/c1-9(2)13-15(12-5,8-6-7-11)14-10(3)4/h9-10H,6-8H2,1-5H3. The van der Waals surface area contributed by atoms with Crippen molar-refractivity contribution in [2.24, 2.45) is 0 Å². The van der Waals surface area contributed by atoms with Crippen LogP contribution < -0.4 is 0 Å². The second kappa shape index (κ2) is 7.63. The zero-order chi connectivity index (χ0) is 11.9. The number of hydrogen-bond donors (Lipinski definition) is 0. The molecule has 0 bridgehead atoms. The van der Waals surface area contributed by atoms with Crippen LogP contribution in [0.4, 0.5) is 0 Å². The van der Waals surface area contributed by atoms with E-state index in [1.165, 1.54) is 0 Å². The van der Waals surface area contributed by atoms with E-state index >= 15 is 0 Å². The molecule has 0 aromatic rings. The highest BCUT2D eigenvalue weighted by atomic mass is 35.5. The van der Waals surface area contributed by atoms with Crippen LogP contribution in [0.5, 0.6) is 0 Å². The molecule has 0 aromatic heterocycles. The van der Waals surface area contributed by atoms with Gasteiger partial charge in [0.15, 0.2) is 0 Å². The Hall–Kier alpha value is 0.387. The molecule has 0 aliphatic rings. The third-order valence-electron chi connectivity index (χ3n) is 1.76. The van der Waals surface area contributed by atoms with Gasteiger partial charge in [0.1, 0.15) is 0 Å². The molecule has 0 amide bonds. The van der Waals surface area contributed by atoms with E-state index in [9.17, 15) is 0 Å². The first-order valence-corrected chi connectivity index (χ1v) is 7.89. The van der Waals surface area contributed by atoms with Crippen LogP contribution in [0, 0.1) is 0 Å². The molecule has 0 aliphatic heterocycles. The molecule has 0 aromatic carbocycles. The monoisotopic (exact) mass is 254 g/mol. The van der Waals surface area contributed by atoms with Crippen molar-refractivity contribution in [1.82, 2.24) is 0 Å². The van der Waals surface area contributed by atoms with Gasteiger partial charge in [0.05, 0.1) is 0 Å². The van der Waals surface area contributed by atoms with Gasteiger partial charge in [-0.05, 0) is 34.1 Å². The molecular weight excluding hydrogens is 232 g/mol. The van der Waals surface area contributed by atoms with Gasteiger partial charge >= 0.3 is 8.80 Å². The third-order valence-corrected chi connectivity index (χ3v) is 5.27. The minimum atomic E-state index is -2.50. The van der Waals surface area contributed by atoms with E-state index in [-0.39, 0.29) is 12.2 Å². The van der Waals surface area contributed by atoms with Gasteiger partial charge in [0.2, 0.25) is 0 Å². The smallest absolute Gasteiger partial charge is 0.377 e. The maximum atomic E-state index is 5.84. The number of alkyl halides is 1. The van der Waals surface area contributed by atoms with Crippen LogP contribution in [0.2, 0.25) is 6.04 Å². The average Bonchev–Trinajstić information content (AvgIpc) is 2.12. The molecular formula is C10H23ClO3Si. The molecule has 0 aliphatic carbocycles. The molecule has 0 atom stereocenters. The maximum Gasteiger partial charge on any atom is 0.501 e. The van der Waals surface area contributed by atoms with Crippen molar-refractivity contribution in [3.05, 3.63) is 0 Å². The Morgan fingerprint density at radius 2 is 1.53 bits per heavy atom. The van der Waals surface area contributed by atoms with Crippen LogP contribution in [0.25, 0.3) is 0 Å².